The first-order valence-electron chi connectivity index (χ1n) is 6.69. The molecule has 0 bridgehead atoms. The Morgan fingerprint density at radius 2 is 2.40 bits per heavy atom. The number of carbonyl (C=O) groups is 1. The number of carboxylic acid groups (broad SMARTS) is 1. The Morgan fingerprint density at radius 1 is 1.55 bits per heavy atom. The molecular formula is C14H17N3O3. The normalized spacial score (nSPS) is 19.2. The van der Waals surface area contributed by atoms with E-state index < -0.39 is 5.97 Å². The van der Waals surface area contributed by atoms with Gasteiger partial charge in [0.05, 0.1) is 24.1 Å². The molecule has 6 heteroatoms. The lowest BCUT2D eigenvalue weighted by Gasteiger charge is -2.30. The van der Waals surface area contributed by atoms with Crippen LogP contribution in [0.3, 0.4) is 0 Å². The molecule has 106 valence electrons. The molecule has 2 heterocycles. The average molecular weight is 275 g/mol. The van der Waals surface area contributed by atoms with Gasteiger partial charge in [0.25, 0.3) is 0 Å². The lowest BCUT2D eigenvalue weighted by Crippen LogP contribution is -2.39. The van der Waals surface area contributed by atoms with E-state index in [0.29, 0.717) is 6.54 Å². The summed E-state index contributed by atoms with van der Waals surface area (Å²) in [6.07, 6.45) is 1.61. The summed E-state index contributed by atoms with van der Waals surface area (Å²) in [6.45, 7) is 1.34. The number of aromatic amines is 1. The Balaban J connectivity index is 1.88. The van der Waals surface area contributed by atoms with E-state index in [2.05, 4.69) is 9.97 Å². The van der Waals surface area contributed by atoms with Crippen LogP contribution in [0.5, 0.6) is 5.75 Å². The van der Waals surface area contributed by atoms with Gasteiger partial charge in [-0.15, -0.1) is 0 Å². The molecular weight excluding hydrogens is 258 g/mol. The summed E-state index contributed by atoms with van der Waals surface area (Å²) in [7, 11) is 1.63. The highest BCUT2D eigenvalue weighted by Gasteiger charge is 2.26. The quantitative estimate of drug-likeness (QED) is 0.894. The largest absolute Gasteiger partial charge is 0.497 e. The molecule has 1 aromatic heterocycles. The van der Waals surface area contributed by atoms with E-state index in [0.717, 1.165) is 42.1 Å². The number of imidazole rings is 1. The van der Waals surface area contributed by atoms with E-state index in [-0.39, 0.29) is 5.92 Å². The summed E-state index contributed by atoms with van der Waals surface area (Å²) in [5.74, 6) is 0.466. The van der Waals surface area contributed by atoms with Gasteiger partial charge in [-0.25, -0.2) is 4.98 Å². The molecule has 6 nitrogen and oxygen atoms in total. The van der Waals surface area contributed by atoms with E-state index in [4.69, 9.17) is 9.84 Å². The van der Waals surface area contributed by atoms with Crippen LogP contribution in [-0.2, 0) is 4.79 Å². The number of hydrogen-bond acceptors (Lipinski definition) is 4. The molecule has 1 unspecified atom stereocenters. The van der Waals surface area contributed by atoms with E-state index in [1.807, 2.05) is 23.1 Å². The van der Waals surface area contributed by atoms with Gasteiger partial charge in [-0.2, -0.15) is 0 Å². The minimum Gasteiger partial charge on any atom is -0.497 e. The first kappa shape index (κ1) is 12.8. The molecule has 1 atom stereocenters. The standard InChI is InChI=1S/C14H17N3O3/c1-20-10-4-5-11-12(7-10)16-14(15-11)17-6-2-3-9(8-17)13(18)19/h4-5,7,9H,2-3,6,8H2,1H3,(H,15,16)(H,18,19). The molecule has 1 aliphatic rings. The highest BCUT2D eigenvalue weighted by molar-refractivity contribution is 5.79. The van der Waals surface area contributed by atoms with Gasteiger partial charge in [0.1, 0.15) is 5.75 Å². The van der Waals surface area contributed by atoms with Gasteiger partial charge in [-0.05, 0) is 25.0 Å². The van der Waals surface area contributed by atoms with Crippen LogP contribution in [0.1, 0.15) is 12.8 Å². The van der Waals surface area contributed by atoms with Crippen molar-refractivity contribution in [3.05, 3.63) is 18.2 Å². The highest BCUT2D eigenvalue weighted by atomic mass is 16.5. The number of piperidine rings is 1. The fourth-order valence-electron chi connectivity index (χ4n) is 2.62. The molecule has 3 rings (SSSR count). The monoisotopic (exact) mass is 275 g/mol. The number of rotatable bonds is 3. The van der Waals surface area contributed by atoms with Gasteiger partial charge in [-0.3, -0.25) is 4.79 Å². The van der Waals surface area contributed by atoms with Crippen LogP contribution in [0.4, 0.5) is 5.95 Å². The molecule has 1 fully saturated rings. The number of H-pyrrole nitrogens is 1. The summed E-state index contributed by atoms with van der Waals surface area (Å²) in [5, 5.41) is 9.14. The highest BCUT2D eigenvalue weighted by Crippen LogP contribution is 2.25. The maximum Gasteiger partial charge on any atom is 0.308 e. The van der Waals surface area contributed by atoms with E-state index in [1.54, 1.807) is 7.11 Å². The van der Waals surface area contributed by atoms with Crippen molar-refractivity contribution >= 4 is 23.0 Å². The lowest BCUT2D eigenvalue weighted by atomic mass is 9.99. The maximum absolute atomic E-state index is 11.1. The fraction of sp³-hybridized carbons (Fsp3) is 0.429. The van der Waals surface area contributed by atoms with Gasteiger partial charge in [0.15, 0.2) is 0 Å². The zero-order valence-electron chi connectivity index (χ0n) is 11.3. The Hall–Kier alpha value is -2.24. The SMILES string of the molecule is COc1ccc2nc(N3CCCC(C(=O)O)C3)[nH]c2c1. The summed E-state index contributed by atoms with van der Waals surface area (Å²) >= 11 is 0. The van der Waals surface area contributed by atoms with E-state index in [1.165, 1.54) is 0 Å². The molecule has 20 heavy (non-hydrogen) atoms. The van der Waals surface area contributed by atoms with Crippen molar-refractivity contribution in [1.29, 1.82) is 0 Å². The lowest BCUT2D eigenvalue weighted by molar-refractivity contribution is -0.141. The zero-order valence-corrected chi connectivity index (χ0v) is 11.3. The summed E-state index contributed by atoms with van der Waals surface area (Å²) in [4.78, 5) is 20.9. The van der Waals surface area contributed by atoms with Crippen molar-refractivity contribution in [1.82, 2.24) is 9.97 Å². The minimum atomic E-state index is -0.729. The second-order valence-corrected chi connectivity index (χ2v) is 5.07. The third-order valence-electron chi connectivity index (χ3n) is 3.75. The predicted octanol–water partition coefficient (Wildman–Crippen LogP) is 1.87. The smallest absolute Gasteiger partial charge is 0.308 e. The van der Waals surface area contributed by atoms with Gasteiger partial charge in [-0.1, -0.05) is 0 Å². The van der Waals surface area contributed by atoms with Crippen LogP contribution >= 0.6 is 0 Å². The van der Waals surface area contributed by atoms with Crippen molar-refractivity contribution in [3.8, 4) is 5.75 Å². The van der Waals surface area contributed by atoms with Crippen molar-refractivity contribution in [3.63, 3.8) is 0 Å². The van der Waals surface area contributed by atoms with Crippen LogP contribution in [-0.4, -0.2) is 41.2 Å². The number of nitrogens with zero attached hydrogens (tertiary/aromatic N) is 2. The van der Waals surface area contributed by atoms with E-state index >= 15 is 0 Å². The fourth-order valence-corrected chi connectivity index (χ4v) is 2.62. The molecule has 1 aliphatic heterocycles. The molecule has 0 radical (unpaired) electrons. The number of aromatic nitrogens is 2. The van der Waals surface area contributed by atoms with Crippen LogP contribution in [0.25, 0.3) is 11.0 Å². The number of aliphatic carboxylic acids is 1. The van der Waals surface area contributed by atoms with Crippen LogP contribution in [0.15, 0.2) is 18.2 Å². The first-order valence-corrected chi connectivity index (χ1v) is 6.69. The third kappa shape index (κ3) is 2.29. The van der Waals surface area contributed by atoms with Gasteiger partial charge < -0.3 is 19.7 Å². The Bertz CT molecular complexity index is 638. The van der Waals surface area contributed by atoms with Gasteiger partial charge >= 0.3 is 5.97 Å². The minimum absolute atomic E-state index is 0.313. The Morgan fingerprint density at radius 3 is 3.15 bits per heavy atom. The predicted molar refractivity (Wildman–Crippen MR) is 75.2 cm³/mol. The number of benzene rings is 1. The number of anilines is 1. The third-order valence-corrected chi connectivity index (χ3v) is 3.75. The average Bonchev–Trinajstić information content (AvgIpc) is 2.90. The van der Waals surface area contributed by atoms with Crippen LogP contribution < -0.4 is 9.64 Å². The summed E-state index contributed by atoms with van der Waals surface area (Å²) in [6, 6.07) is 5.65. The van der Waals surface area contributed by atoms with Crippen molar-refractivity contribution in [2.45, 2.75) is 12.8 Å². The molecule has 1 aromatic carbocycles. The van der Waals surface area contributed by atoms with Crippen LogP contribution in [0, 0.1) is 5.92 Å². The zero-order chi connectivity index (χ0) is 14.1. The van der Waals surface area contributed by atoms with Crippen molar-refractivity contribution in [2.24, 2.45) is 5.92 Å². The number of fused-ring (bicyclic) bond motifs is 1. The number of ether oxygens (including phenoxy) is 1. The molecule has 2 N–H and O–H groups in total. The first-order chi connectivity index (χ1) is 9.67. The molecule has 0 spiro atoms. The molecule has 0 saturated carbocycles. The molecule has 1 saturated heterocycles. The Kier molecular flexibility index (Phi) is 3.22. The van der Waals surface area contributed by atoms with Gasteiger partial charge in [0.2, 0.25) is 5.95 Å². The number of carboxylic acids is 1. The van der Waals surface area contributed by atoms with E-state index in [9.17, 15) is 4.79 Å². The second kappa shape index (κ2) is 5.03. The number of hydrogen-bond donors (Lipinski definition) is 2. The van der Waals surface area contributed by atoms with Gasteiger partial charge in [0, 0.05) is 19.2 Å². The van der Waals surface area contributed by atoms with Crippen molar-refractivity contribution in [2.75, 3.05) is 25.1 Å². The summed E-state index contributed by atoms with van der Waals surface area (Å²) < 4.78 is 5.19. The molecule has 2 aromatic rings. The molecule has 0 amide bonds. The van der Waals surface area contributed by atoms with Crippen LogP contribution in [0.2, 0.25) is 0 Å². The number of methoxy groups -OCH3 is 1. The Labute approximate surface area is 116 Å². The second-order valence-electron chi connectivity index (χ2n) is 5.07. The van der Waals surface area contributed by atoms with Crippen molar-refractivity contribution < 1.29 is 14.6 Å². The summed E-state index contributed by atoms with van der Waals surface area (Å²) in [5.41, 5.74) is 1.76. The topological polar surface area (TPSA) is 78.4 Å². The molecule has 0 aliphatic carbocycles. The maximum atomic E-state index is 11.1. The number of nitrogens with one attached hydrogen (secondary N) is 1.